The van der Waals surface area contributed by atoms with Gasteiger partial charge in [-0.05, 0) is 11.8 Å². The summed E-state index contributed by atoms with van der Waals surface area (Å²) in [7, 11) is 0. The summed E-state index contributed by atoms with van der Waals surface area (Å²) in [6.45, 7) is 1.74. The first kappa shape index (κ1) is 11.4. The van der Waals surface area contributed by atoms with Gasteiger partial charge < -0.3 is 4.42 Å². The predicted octanol–water partition coefficient (Wildman–Crippen LogP) is 3.13. The Morgan fingerprint density at radius 2 is 1.83 bits per heavy atom. The van der Waals surface area contributed by atoms with Crippen LogP contribution in [0.3, 0.4) is 0 Å². The molecule has 0 radical (unpaired) electrons. The van der Waals surface area contributed by atoms with Gasteiger partial charge in [-0.25, -0.2) is 0 Å². The van der Waals surface area contributed by atoms with Crippen LogP contribution in [0.25, 0.3) is 10.8 Å². The van der Waals surface area contributed by atoms with Crippen molar-refractivity contribution < 1.29 is 4.42 Å². The number of rotatable bonds is 2. The average molecular weight is 279 g/mol. The van der Waals surface area contributed by atoms with Crippen LogP contribution in [0.2, 0.25) is 5.15 Å². The van der Waals surface area contributed by atoms with Crippen molar-refractivity contribution in [2.45, 2.75) is 17.2 Å². The summed E-state index contributed by atoms with van der Waals surface area (Å²) in [5.41, 5.74) is 0. The molecule has 0 bridgehead atoms. The first-order valence-electron chi connectivity index (χ1n) is 5.13. The molecule has 5 nitrogen and oxygen atoms in total. The quantitative estimate of drug-likeness (QED) is 0.717. The van der Waals surface area contributed by atoms with Gasteiger partial charge in [0.25, 0.3) is 5.22 Å². The Labute approximate surface area is 112 Å². The molecule has 0 aliphatic heterocycles. The van der Waals surface area contributed by atoms with Crippen molar-refractivity contribution in [1.29, 1.82) is 0 Å². The van der Waals surface area contributed by atoms with E-state index >= 15 is 0 Å². The predicted molar refractivity (Wildman–Crippen MR) is 67.7 cm³/mol. The molecule has 2 aromatic heterocycles. The lowest BCUT2D eigenvalue weighted by Gasteiger charge is -2.02. The third-order valence-corrected chi connectivity index (χ3v) is 3.41. The summed E-state index contributed by atoms with van der Waals surface area (Å²) in [5, 5.41) is 19.0. The molecular weight excluding hydrogens is 272 g/mol. The molecule has 2 heterocycles. The summed E-state index contributed by atoms with van der Waals surface area (Å²) < 4.78 is 5.31. The molecule has 0 unspecified atom stereocenters. The largest absolute Gasteiger partial charge is 0.416 e. The molecule has 0 fully saturated rings. The molecule has 0 spiro atoms. The van der Waals surface area contributed by atoms with E-state index in [1.54, 1.807) is 6.92 Å². The summed E-state index contributed by atoms with van der Waals surface area (Å²) in [5.74, 6) is 0.517. The second-order valence-corrected chi connectivity index (χ2v) is 4.83. The second kappa shape index (κ2) is 4.55. The van der Waals surface area contributed by atoms with Crippen LogP contribution in [0.4, 0.5) is 0 Å². The summed E-state index contributed by atoms with van der Waals surface area (Å²) >= 11 is 7.28. The molecule has 0 aliphatic carbocycles. The average Bonchev–Trinajstić information content (AvgIpc) is 2.79. The SMILES string of the molecule is Cc1nnc(Sc2nnc(Cl)c3ccccc23)o1. The van der Waals surface area contributed by atoms with Crippen molar-refractivity contribution in [3.05, 3.63) is 35.3 Å². The molecule has 7 heteroatoms. The molecule has 0 saturated heterocycles. The number of halogens is 1. The number of aryl methyl sites for hydroxylation is 1. The third-order valence-electron chi connectivity index (χ3n) is 2.30. The molecule has 3 rings (SSSR count). The number of fused-ring (bicyclic) bond motifs is 1. The van der Waals surface area contributed by atoms with Crippen LogP contribution in [-0.2, 0) is 0 Å². The fourth-order valence-electron chi connectivity index (χ4n) is 1.52. The number of hydrogen-bond acceptors (Lipinski definition) is 6. The van der Waals surface area contributed by atoms with Crippen molar-refractivity contribution in [2.75, 3.05) is 0 Å². The van der Waals surface area contributed by atoms with Gasteiger partial charge in [0.2, 0.25) is 5.89 Å². The van der Waals surface area contributed by atoms with Crippen LogP contribution >= 0.6 is 23.4 Å². The summed E-state index contributed by atoms with van der Waals surface area (Å²) in [6.07, 6.45) is 0. The number of nitrogens with zero attached hydrogens (tertiary/aromatic N) is 4. The Morgan fingerprint density at radius 1 is 1.06 bits per heavy atom. The van der Waals surface area contributed by atoms with E-state index in [0.717, 1.165) is 10.8 Å². The van der Waals surface area contributed by atoms with E-state index in [1.807, 2.05) is 24.3 Å². The highest BCUT2D eigenvalue weighted by molar-refractivity contribution is 7.99. The van der Waals surface area contributed by atoms with E-state index in [2.05, 4.69) is 20.4 Å². The molecule has 1 aromatic carbocycles. The van der Waals surface area contributed by atoms with Gasteiger partial charge in [0, 0.05) is 17.7 Å². The first-order chi connectivity index (χ1) is 8.74. The highest BCUT2D eigenvalue weighted by Crippen LogP contribution is 2.32. The molecule has 18 heavy (non-hydrogen) atoms. The second-order valence-electron chi connectivity index (χ2n) is 3.53. The third kappa shape index (κ3) is 2.04. The number of benzene rings is 1. The molecule has 3 aromatic rings. The Balaban J connectivity index is 2.09. The fourth-order valence-corrected chi connectivity index (χ4v) is 2.51. The summed E-state index contributed by atoms with van der Waals surface area (Å²) in [6, 6.07) is 7.65. The zero-order valence-corrected chi connectivity index (χ0v) is 10.9. The standard InChI is InChI=1S/C11H7ClN4OS/c1-6-13-16-11(17-6)18-10-8-5-3-2-4-7(8)9(12)14-15-10/h2-5H,1H3. The Hall–Kier alpha value is -1.66. The first-order valence-corrected chi connectivity index (χ1v) is 6.32. The maximum atomic E-state index is 6.00. The minimum Gasteiger partial charge on any atom is -0.416 e. The van der Waals surface area contributed by atoms with E-state index in [-0.39, 0.29) is 0 Å². The van der Waals surface area contributed by atoms with Crippen molar-refractivity contribution >= 4 is 34.1 Å². The topological polar surface area (TPSA) is 64.7 Å². The van der Waals surface area contributed by atoms with Gasteiger partial charge >= 0.3 is 0 Å². The monoisotopic (exact) mass is 278 g/mol. The Morgan fingerprint density at radius 3 is 2.56 bits per heavy atom. The van der Waals surface area contributed by atoms with Crippen molar-refractivity contribution in [2.24, 2.45) is 0 Å². The van der Waals surface area contributed by atoms with Gasteiger partial charge in [-0.2, -0.15) is 0 Å². The van der Waals surface area contributed by atoms with Crippen LogP contribution in [0.15, 0.2) is 38.9 Å². The zero-order chi connectivity index (χ0) is 12.5. The van der Waals surface area contributed by atoms with E-state index in [0.29, 0.717) is 21.3 Å². The molecule has 0 N–H and O–H groups in total. The lowest BCUT2D eigenvalue weighted by atomic mass is 10.2. The van der Waals surface area contributed by atoms with Crippen LogP contribution in [0.1, 0.15) is 5.89 Å². The van der Waals surface area contributed by atoms with Crippen LogP contribution in [0, 0.1) is 6.92 Å². The van der Waals surface area contributed by atoms with Crippen LogP contribution in [0.5, 0.6) is 0 Å². The Kier molecular flexibility index (Phi) is 2.89. The minimum absolute atomic E-state index is 0.386. The highest BCUT2D eigenvalue weighted by Gasteiger charge is 2.12. The normalized spacial score (nSPS) is 11.0. The van der Waals surface area contributed by atoms with E-state index in [4.69, 9.17) is 16.0 Å². The van der Waals surface area contributed by atoms with Gasteiger partial charge in [0.05, 0.1) is 0 Å². The van der Waals surface area contributed by atoms with Crippen molar-refractivity contribution in [3.63, 3.8) is 0 Å². The summed E-state index contributed by atoms with van der Waals surface area (Å²) in [4.78, 5) is 0. The number of aromatic nitrogens is 4. The van der Waals surface area contributed by atoms with Gasteiger partial charge in [-0.3, -0.25) is 0 Å². The van der Waals surface area contributed by atoms with E-state index < -0.39 is 0 Å². The van der Waals surface area contributed by atoms with Gasteiger partial charge in [0.15, 0.2) is 5.15 Å². The molecule has 0 saturated carbocycles. The molecule has 90 valence electrons. The molecule has 0 aliphatic rings. The van der Waals surface area contributed by atoms with Crippen LogP contribution in [-0.4, -0.2) is 20.4 Å². The maximum absolute atomic E-state index is 6.00. The lowest BCUT2D eigenvalue weighted by Crippen LogP contribution is -1.89. The van der Waals surface area contributed by atoms with Gasteiger partial charge in [0.1, 0.15) is 5.03 Å². The van der Waals surface area contributed by atoms with Crippen LogP contribution < -0.4 is 0 Å². The zero-order valence-electron chi connectivity index (χ0n) is 9.29. The Bertz CT molecular complexity index is 715. The van der Waals surface area contributed by atoms with Gasteiger partial charge in [-0.1, -0.05) is 35.9 Å². The minimum atomic E-state index is 0.386. The maximum Gasteiger partial charge on any atom is 0.283 e. The smallest absolute Gasteiger partial charge is 0.283 e. The van der Waals surface area contributed by atoms with Crippen molar-refractivity contribution in [1.82, 2.24) is 20.4 Å². The fraction of sp³-hybridized carbons (Fsp3) is 0.0909. The van der Waals surface area contributed by atoms with E-state index in [9.17, 15) is 0 Å². The van der Waals surface area contributed by atoms with Gasteiger partial charge in [-0.15, -0.1) is 20.4 Å². The van der Waals surface area contributed by atoms with E-state index in [1.165, 1.54) is 11.8 Å². The number of hydrogen-bond donors (Lipinski definition) is 0. The molecule has 0 amide bonds. The molecule has 0 atom stereocenters. The highest BCUT2D eigenvalue weighted by atomic mass is 35.5. The lowest BCUT2D eigenvalue weighted by molar-refractivity contribution is 0.429. The molecular formula is C11H7ClN4OS. The van der Waals surface area contributed by atoms with Crippen molar-refractivity contribution in [3.8, 4) is 0 Å².